The van der Waals surface area contributed by atoms with Crippen LogP contribution in [-0.2, 0) is 0 Å². The van der Waals surface area contributed by atoms with Gasteiger partial charge in [0.2, 0.25) is 0 Å². The summed E-state index contributed by atoms with van der Waals surface area (Å²) in [5, 5.41) is 0. The zero-order chi connectivity index (χ0) is 10.8. The predicted octanol–water partition coefficient (Wildman–Crippen LogP) is 2.49. The van der Waals surface area contributed by atoms with Crippen LogP contribution in [0.4, 0.5) is 0 Å². The van der Waals surface area contributed by atoms with E-state index in [4.69, 9.17) is 0 Å². The summed E-state index contributed by atoms with van der Waals surface area (Å²) in [5.74, 6) is 0. The van der Waals surface area contributed by atoms with Gasteiger partial charge in [0.15, 0.2) is 0 Å². The highest BCUT2D eigenvalue weighted by molar-refractivity contribution is 4.92. The van der Waals surface area contributed by atoms with Crippen molar-refractivity contribution in [2.24, 2.45) is 0 Å². The molecule has 1 aliphatic carbocycles. The molecular formula is C14H26N2. The average Bonchev–Trinajstić information content (AvgIpc) is 3.03. The van der Waals surface area contributed by atoms with Crippen molar-refractivity contribution in [2.75, 3.05) is 26.2 Å². The van der Waals surface area contributed by atoms with Crippen molar-refractivity contribution in [3.63, 3.8) is 0 Å². The lowest BCUT2D eigenvalue weighted by Crippen LogP contribution is -2.51. The largest absolute Gasteiger partial charge is 0.299 e. The fourth-order valence-electron chi connectivity index (χ4n) is 4.09. The molecule has 0 unspecified atom stereocenters. The van der Waals surface area contributed by atoms with Gasteiger partial charge >= 0.3 is 0 Å². The Morgan fingerprint density at radius 3 is 1.25 bits per heavy atom. The van der Waals surface area contributed by atoms with Gasteiger partial charge in [0.25, 0.3) is 0 Å². The smallest absolute Gasteiger partial charge is 0.0251 e. The van der Waals surface area contributed by atoms with Crippen LogP contribution in [-0.4, -0.2) is 48.1 Å². The summed E-state index contributed by atoms with van der Waals surface area (Å²) in [6.45, 7) is 5.54. The molecular weight excluding hydrogens is 196 g/mol. The van der Waals surface area contributed by atoms with Gasteiger partial charge in [-0.2, -0.15) is 0 Å². The first-order chi connectivity index (χ1) is 7.95. The molecule has 92 valence electrons. The standard InChI is InChI=1S/C14H26N2/c1-2-8-14(16-11-5-6-12-16)13(7-1)15-9-3-4-10-15/h13-14H,1-12H2/t13-,14-/m1/s1. The van der Waals surface area contributed by atoms with Gasteiger partial charge < -0.3 is 0 Å². The van der Waals surface area contributed by atoms with E-state index in [0.29, 0.717) is 0 Å². The van der Waals surface area contributed by atoms with Crippen molar-refractivity contribution in [1.82, 2.24) is 9.80 Å². The molecule has 2 heterocycles. The first-order valence-corrected chi connectivity index (χ1v) is 7.43. The predicted molar refractivity (Wildman–Crippen MR) is 67.7 cm³/mol. The van der Waals surface area contributed by atoms with E-state index in [0.717, 1.165) is 12.1 Å². The minimum atomic E-state index is 0.911. The van der Waals surface area contributed by atoms with Crippen molar-refractivity contribution in [1.29, 1.82) is 0 Å². The van der Waals surface area contributed by atoms with Crippen LogP contribution in [0.2, 0.25) is 0 Å². The summed E-state index contributed by atoms with van der Waals surface area (Å²) < 4.78 is 0. The lowest BCUT2D eigenvalue weighted by molar-refractivity contribution is 0.0754. The molecule has 0 spiro atoms. The number of hydrogen-bond acceptors (Lipinski definition) is 2. The summed E-state index contributed by atoms with van der Waals surface area (Å²) in [7, 11) is 0. The van der Waals surface area contributed by atoms with Gasteiger partial charge in [0.1, 0.15) is 0 Å². The number of nitrogens with zero attached hydrogens (tertiary/aromatic N) is 2. The van der Waals surface area contributed by atoms with Gasteiger partial charge in [-0.15, -0.1) is 0 Å². The Kier molecular flexibility index (Phi) is 3.49. The molecule has 0 amide bonds. The molecule has 2 atom stereocenters. The van der Waals surface area contributed by atoms with Gasteiger partial charge in [-0.05, 0) is 64.7 Å². The molecule has 1 saturated carbocycles. The lowest BCUT2D eigenvalue weighted by atomic mass is 9.88. The van der Waals surface area contributed by atoms with E-state index < -0.39 is 0 Å². The maximum Gasteiger partial charge on any atom is 0.0251 e. The van der Waals surface area contributed by atoms with E-state index >= 15 is 0 Å². The second-order valence-corrected chi connectivity index (χ2v) is 5.91. The lowest BCUT2D eigenvalue weighted by Gasteiger charge is -2.42. The van der Waals surface area contributed by atoms with Crippen molar-refractivity contribution in [2.45, 2.75) is 63.5 Å². The number of likely N-dealkylation sites (tertiary alicyclic amines) is 2. The van der Waals surface area contributed by atoms with Crippen LogP contribution in [0, 0.1) is 0 Å². The number of hydrogen-bond donors (Lipinski definition) is 0. The third-order valence-corrected chi connectivity index (χ3v) is 4.91. The SMILES string of the molecule is C1CC[C@@H](N2CCCC2)[C@H](N2CCCC2)C1. The van der Waals surface area contributed by atoms with Crippen LogP contribution in [0.1, 0.15) is 51.4 Å². The molecule has 0 aromatic rings. The summed E-state index contributed by atoms with van der Waals surface area (Å²) in [6.07, 6.45) is 11.7. The molecule has 0 aromatic carbocycles. The molecule has 2 saturated heterocycles. The van der Waals surface area contributed by atoms with Crippen LogP contribution in [0.5, 0.6) is 0 Å². The summed E-state index contributed by atoms with van der Waals surface area (Å²) in [5.41, 5.74) is 0. The van der Waals surface area contributed by atoms with E-state index in [-0.39, 0.29) is 0 Å². The zero-order valence-corrected chi connectivity index (χ0v) is 10.5. The topological polar surface area (TPSA) is 6.48 Å². The second kappa shape index (κ2) is 5.05. The van der Waals surface area contributed by atoms with Crippen LogP contribution in [0.25, 0.3) is 0 Å². The normalized spacial score (nSPS) is 38.2. The van der Waals surface area contributed by atoms with Crippen molar-refractivity contribution >= 4 is 0 Å². The van der Waals surface area contributed by atoms with Gasteiger partial charge in [0.05, 0.1) is 0 Å². The van der Waals surface area contributed by atoms with Crippen LogP contribution in [0.15, 0.2) is 0 Å². The molecule has 2 aliphatic heterocycles. The minimum Gasteiger partial charge on any atom is -0.299 e. The van der Waals surface area contributed by atoms with Gasteiger partial charge in [0, 0.05) is 12.1 Å². The third kappa shape index (κ3) is 2.14. The van der Waals surface area contributed by atoms with E-state index in [1.54, 1.807) is 0 Å². The summed E-state index contributed by atoms with van der Waals surface area (Å²) >= 11 is 0. The quantitative estimate of drug-likeness (QED) is 0.708. The monoisotopic (exact) mass is 222 g/mol. The van der Waals surface area contributed by atoms with E-state index in [9.17, 15) is 0 Å². The second-order valence-electron chi connectivity index (χ2n) is 5.91. The van der Waals surface area contributed by atoms with Gasteiger partial charge in [-0.25, -0.2) is 0 Å². The Balaban J connectivity index is 1.67. The molecule has 0 bridgehead atoms. The Morgan fingerprint density at radius 1 is 0.500 bits per heavy atom. The third-order valence-electron chi connectivity index (χ3n) is 4.91. The molecule has 3 aliphatic rings. The van der Waals surface area contributed by atoms with Crippen molar-refractivity contribution < 1.29 is 0 Å². The molecule has 2 heteroatoms. The highest BCUT2D eigenvalue weighted by Gasteiger charge is 2.35. The van der Waals surface area contributed by atoms with E-state index in [1.807, 2.05) is 0 Å². The zero-order valence-electron chi connectivity index (χ0n) is 10.5. The Hall–Kier alpha value is -0.0800. The maximum absolute atomic E-state index is 2.81. The highest BCUT2D eigenvalue weighted by Crippen LogP contribution is 2.31. The summed E-state index contributed by atoms with van der Waals surface area (Å²) in [6, 6.07) is 1.82. The van der Waals surface area contributed by atoms with Crippen LogP contribution >= 0.6 is 0 Å². The average molecular weight is 222 g/mol. The molecule has 16 heavy (non-hydrogen) atoms. The molecule has 0 aromatic heterocycles. The first-order valence-electron chi connectivity index (χ1n) is 7.43. The Labute approximate surface area is 100.0 Å². The van der Waals surface area contributed by atoms with Crippen molar-refractivity contribution in [3.05, 3.63) is 0 Å². The van der Waals surface area contributed by atoms with Crippen molar-refractivity contribution in [3.8, 4) is 0 Å². The number of rotatable bonds is 2. The molecule has 3 rings (SSSR count). The molecule has 2 nitrogen and oxygen atoms in total. The first kappa shape index (κ1) is 11.0. The minimum absolute atomic E-state index is 0.911. The van der Waals surface area contributed by atoms with Crippen LogP contribution in [0.3, 0.4) is 0 Å². The maximum atomic E-state index is 2.81. The molecule has 3 fully saturated rings. The van der Waals surface area contributed by atoms with Crippen LogP contribution < -0.4 is 0 Å². The van der Waals surface area contributed by atoms with Gasteiger partial charge in [-0.3, -0.25) is 9.80 Å². The fraction of sp³-hybridized carbons (Fsp3) is 1.00. The van der Waals surface area contributed by atoms with E-state index in [2.05, 4.69) is 9.80 Å². The molecule has 0 N–H and O–H groups in total. The highest BCUT2D eigenvalue weighted by atomic mass is 15.3. The Bertz CT molecular complexity index is 193. The molecule has 0 radical (unpaired) electrons. The fourth-order valence-corrected chi connectivity index (χ4v) is 4.09. The van der Waals surface area contributed by atoms with Gasteiger partial charge in [-0.1, -0.05) is 12.8 Å². The summed E-state index contributed by atoms with van der Waals surface area (Å²) in [4.78, 5) is 5.62. The Morgan fingerprint density at radius 2 is 0.875 bits per heavy atom. The van der Waals surface area contributed by atoms with E-state index in [1.165, 1.54) is 77.5 Å².